The molecule has 0 bridgehead atoms. The van der Waals surface area contributed by atoms with E-state index in [1.54, 1.807) is 0 Å². The highest BCUT2D eigenvalue weighted by Gasteiger charge is 2.47. The van der Waals surface area contributed by atoms with Crippen LogP contribution in [0.4, 0.5) is 17.6 Å². The molecule has 0 spiro atoms. The maximum Gasteiger partial charge on any atom is 0.269 e. The van der Waals surface area contributed by atoms with E-state index in [1.807, 2.05) is 0 Å². The molecular formula is C20H15F4N5O. The quantitative estimate of drug-likeness (QED) is 0.511. The maximum atomic E-state index is 14.7. The molecule has 2 N–H and O–H groups in total. The number of benzene rings is 1. The smallest absolute Gasteiger partial charge is 0.269 e. The highest BCUT2D eigenvalue weighted by molar-refractivity contribution is 5.97. The molecule has 0 aliphatic carbocycles. The van der Waals surface area contributed by atoms with Crippen LogP contribution in [0.1, 0.15) is 27.3 Å². The molecule has 0 radical (unpaired) electrons. The second-order valence-electron chi connectivity index (χ2n) is 6.87. The summed E-state index contributed by atoms with van der Waals surface area (Å²) in [6.07, 6.45) is -1.04. The van der Waals surface area contributed by atoms with Gasteiger partial charge < -0.3 is 5.73 Å². The van der Waals surface area contributed by atoms with E-state index in [1.165, 1.54) is 35.1 Å². The minimum Gasteiger partial charge on any atom is -0.382 e. The lowest BCUT2D eigenvalue weighted by Gasteiger charge is -2.34. The molecule has 2 aromatic heterocycles. The number of carbonyl (C=O) groups excluding carboxylic acids is 1. The zero-order chi connectivity index (χ0) is 21.5. The Morgan fingerprint density at radius 1 is 1.20 bits per heavy atom. The molecule has 10 heteroatoms. The number of nitrogens with zero attached hydrogens (tertiary/aromatic N) is 4. The number of amidine groups is 1. The lowest BCUT2D eigenvalue weighted by Crippen LogP contribution is -2.45. The van der Waals surface area contributed by atoms with Crippen molar-refractivity contribution in [3.05, 3.63) is 82.9 Å². The van der Waals surface area contributed by atoms with E-state index in [-0.39, 0.29) is 29.1 Å². The SMILES string of the molecule is NC1=NC(c2cc(CC(=O)c3ccc(F)cn3)ccc2F)(C(F)F)Cn2nccc21. The highest BCUT2D eigenvalue weighted by atomic mass is 19.3. The summed E-state index contributed by atoms with van der Waals surface area (Å²) in [4.78, 5) is 20.1. The fourth-order valence-corrected chi connectivity index (χ4v) is 3.42. The average Bonchev–Trinajstić information content (AvgIpc) is 3.18. The summed E-state index contributed by atoms with van der Waals surface area (Å²) in [5.74, 6) is -2.16. The molecule has 3 heterocycles. The third kappa shape index (κ3) is 3.34. The van der Waals surface area contributed by atoms with Gasteiger partial charge in [0.25, 0.3) is 6.43 Å². The molecule has 30 heavy (non-hydrogen) atoms. The van der Waals surface area contributed by atoms with Gasteiger partial charge in [0, 0.05) is 18.2 Å². The van der Waals surface area contributed by atoms with Crippen LogP contribution in [-0.2, 0) is 18.5 Å². The lowest BCUT2D eigenvalue weighted by atomic mass is 9.87. The Balaban J connectivity index is 1.72. The number of aliphatic imine (C=N–C) groups is 1. The number of carbonyl (C=O) groups is 1. The number of hydrogen-bond donors (Lipinski definition) is 1. The number of ketones is 1. The van der Waals surface area contributed by atoms with E-state index >= 15 is 0 Å². The molecule has 1 aliphatic heterocycles. The highest BCUT2D eigenvalue weighted by Crippen LogP contribution is 2.39. The Morgan fingerprint density at radius 2 is 2.00 bits per heavy atom. The molecule has 1 aromatic carbocycles. The third-order valence-corrected chi connectivity index (χ3v) is 4.93. The number of pyridine rings is 1. The minimum atomic E-state index is -3.09. The average molecular weight is 417 g/mol. The molecule has 1 aliphatic rings. The van der Waals surface area contributed by atoms with E-state index < -0.39 is 35.9 Å². The van der Waals surface area contributed by atoms with Crippen LogP contribution < -0.4 is 5.73 Å². The fourth-order valence-electron chi connectivity index (χ4n) is 3.42. The molecule has 154 valence electrons. The number of nitrogens with two attached hydrogens (primary N) is 1. The molecule has 6 nitrogen and oxygen atoms in total. The van der Waals surface area contributed by atoms with Crippen LogP contribution in [0.25, 0.3) is 0 Å². The molecule has 0 saturated heterocycles. The standard InChI is InChI=1S/C20H15F4N5O/c21-12-2-4-15(26-9-12)17(30)8-11-1-3-14(22)13(7-11)20(19(23)24)10-29-16(5-6-27-29)18(25)28-20/h1-7,9,19H,8,10H2,(H2,25,28). The number of alkyl halides is 2. The lowest BCUT2D eigenvalue weighted by molar-refractivity contribution is 0.0363. The van der Waals surface area contributed by atoms with Crippen molar-refractivity contribution in [2.75, 3.05) is 0 Å². The first kappa shape index (κ1) is 19.7. The summed E-state index contributed by atoms with van der Waals surface area (Å²) < 4.78 is 57.4. The third-order valence-electron chi connectivity index (χ3n) is 4.93. The second kappa shape index (κ2) is 7.36. The van der Waals surface area contributed by atoms with Crippen LogP contribution >= 0.6 is 0 Å². The molecule has 1 atom stereocenters. The van der Waals surface area contributed by atoms with Crippen LogP contribution in [0.2, 0.25) is 0 Å². The van der Waals surface area contributed by atoms with Crippen molar-refractivity contribution < 1.29 is 22.4 Å². The summed E-state index contributed by atoms with van der Waals surface area (Å²) in [6.45, 7) is -0.415. The number of halogens is 4. The summed E-state index contributed by atoms with van der Waals surface area (Å²) in [7, 11) is 0. The Hall–Kier alpha value is -3.56. The molecule has 0 fully saturated rings. The van der Waals surface area contributed by atoms with Crippen LogP contribution in [0, 0.1) is 11.6 Å². The van der Waals surface area contributed by atoms with Crippen molar-refractivity contribution in [3.63, 3.8) is 0 Å². The molecular weight excluding hydrogens is 402 g/mol. The van der Waals surface area contributed by atoms with E-state index in [9.17, 15) is 22.4 Å². The van der Waals surface area contributed by atoms with Gasteiger partial charge in [-0.15, -0.1) is 0 Å². The Morgan fingerprint density at radius 3 is 2.70 bits per heavy atom. The van der Waals surface area contributed by atoms with Crippen molar-refractivity contribution in [3.8, 4) is 0 Å². The van der Waals surface area contributed by atoms with Crippen LogP contribution in [0.5, 0.6) is 0 Å². The zero-order valence-corrected chi connectivity index (χ0v) is 15.4. The molecule has 3 aromatic rings. The Bertz CT molecular complexity index is 1140. The van der Waals surface area contributed by atoms with Gasteiger partial charge in [-0.05, 0) is 35.9 Å². The van der Waals surface area contributed by atoms with Gasteiger partial charge >= 0.3 is 0 Å². The fraction of sp³-hybridized carbons (Fsp3) is 0.200. The number of fused-ring (bicyclic) bond motifs is 1. The largest absolute Gasteiger partial charge is 0.382 e. The molecule has 0 saturated carbocycles. The Labute approximate surface area is 168 Å². The summed E-state index contributed by atoms with van der Waals surface area (Å²) >= 11 is 0. The first-order valence-electron chi connectivity index (χ1n) is 8.89. The van der Waals surface area contributed by atoms with E-state index in [0.29, 0.717) is 5.69 Å². The summed E-state index contributed by atoms with van der Waals surface area (Å²) in [5, 5.41) is 3.96. The summed E-state index contributed by atoms with van der Waals surface area (Å²) in [6, 6.07) is 7.32. The van der Waals surface area contributed by atoms with E-state index in [2.05, 4.69) is 15.1 Å². The van der Waals surface area contributed by atoms with Crippen LogP contribution in [0.15, 0.2) is 53.8 Å². The first-order chi connectivity index (χ1) is 14.3. The van der Waals surface area contributed by atoms with Gasteiger partial charge in [0.05, 0.1) is 12.7 Å². The van der Waals surface area contributed by atoms with Crippen molar-refractivity contribution in [1.82, 2.24) is 14.8 Å². The van der Waals surface area contributed by atoms with Crippen LogP contribution in [-0.4, -0.2) is 32.8 Å². The maximum absolute atomic E-state index is 14.7. The van der Waals surface area contributed by atoms with Gasteiger partial charge in [-0.1, -0.05) is 6.07 Å². The second-order valence-corrected chi connectivity index (χ2v) is 6.87. The van der Waals surface area contributed by atoms with Gasteiger partial charge in [-0.3, -0.25) is 14.5 Å². The minimum absolute atomic E-state index is 0.00645. The van der Waals surface area contributed by atoms with Gasteiger partial charge in [-0.2, -0.15) is 5.10 Å². The molecule has 4 rings (SSSR count). The van der Waals surface area contributed by atoms with Crippen LogP contribution in [0.3, 0.4) is 0 Å². The van der Waals surface area contributed by atoms with Crippen molar-refractivity contribution in [2.24, 2.45) is 10.7 Å². The number of hydrogen-bond acceptors (Lipinski definition) is 5. The van der Waals surface area contributed by atoms with Crippen molar-refractivity contribution in [1.29, 1.82) is 0 Å². The predicted octanol–water partition coefficient (Wildman–Crippen LogP) is 2.86. The normalized spacial score (nSPS) is 18.2. The van der Waals surface area contributed by atoms with Crippen molar-refractivity contribution >= 4 is 11.6 Å². The van der Waals surface area contributed by atoms with Gasteiger partial charge in [-0.25, -0.2) is 22.6 Å². The Kier molecular flexibility index (Phi) is 4.84. The molecule has 1 unspecified atom stereocenters. The van der Waals surface area contributed by atoms with E-state index in [4.69, 9.17) is 5.73 Å². The van der Waals surface area contributed by atoms with Gasteiger partial charge in [0.15, 0.2) is 11.3 Å². The topological polar surface area (TPSA) is 86.2 Å². The van der Waals surface area contributed by atoms with Crippen molar-refractivity contribution in [2.45, 2.75) is 24.9 Å². The predicted molar refractivity (Wildman–Crippen MR) is 99.3 cm³/mol. The number of Topliss-reactive ketones (excluding diaryl/α,β-unsaturated/α-hetero) is 1. The van der Waals surface area contributed by atoms with E-state index in [0.717, 1.165) is 18.3 Å². The van der Waals surface area contributed by atoms with Gasteiger partial charge in [0.1, 0.15) is 28.9 Å². The van der Waals surface area contributed by atoms with Gasteiger partial charge in [0.2, 0.25) is 0 Å². The molecule has 0 amide bonds. The number of aromatic nitrogens is 3. The first-order valence-corrected chi connectivity index (χ1v) is 8.89. The number of rotatable bonds is 5. The summed E-state index contributed by atoms with van der Waals surface area (Å²) in [5.41, 5.74) is 3.81. The monoisotopic (exact) mass is 417 g/mol. The zero-order valence-electron chi connectivity index (χ0n) is 15.4.